The SMILES string of the molecule is CC(C)COC(=O)CCCCCC(CC(C)C)C(=O)C(C)C. The molecule has 1 atom stereocenters. The molecule has 0 aliphatic heterocycles. The van der Waals surface area contributed by atoms with Crippen LogP contribution in [0, 0.1) is 23.7 Å². The summed E-state index contributed by atoms with van der Waals surface area (Å²) in [6.07, 6.45) is 5.31. The molecule has 22 heavy (non-hydrogen) atoms. The van der Waals surface area contributed by atoms with Crippen LogP contribution in [0.2, 0.25) is 0 Å². The molecule has 1 unspecified atom stereocenters. The lowest BCUT2D eigenvalue weighted by molar-refractivity contribution is -0.144. The zero-order valence-electron chi connectivity index (χ0n) is 15.5. The summed E-state index contributed by atoms with van der Waals surface area (Å²) in [6.45, 7) is 12.9. The van der Waals surface area contributed by atoms with Crippen molar-refractivity contribution >= 4 is 11.8 Å². The van der Waals surface area contributed by atoms with Gasteiger partial charge >= 0.3 is 5.97 Å². The van der Waals surface area contributed by atoms with Crippen LogP contribution in [-0.2, 0) is 14.3 Å². The molecular formula is C19H36O3. The van der Waals surface area contributed by atoms with E-state index in [2.05, 4.69) is 13.8 Å². The Balaban J connectivity index is 3.93. The average Bonchev–Trinajstić information content (AvgIpc) is 2.42. The zero-order valence-corrected chi connectivity index (χ0v) is 15.5. The van der Waals surface area contributed by atoms with E-state index in [0.717, 1.165) is 32.1 Å². The summed E-state index contributed by atoms with van der Waals surface area (Å²) in [5.74, 6) is 1.56. The molecule has 0 aromatic heterocycles. The Morgan fingerprint density at radius 1 is 0.864 bits per heavy atom. The van der Waals surface area contributed by atoms with Gasteiger partial charge in [-0.3, -0.25) is 9.59 Å². The van der Waals surface area contributed by atoms with Crippen molar-refractivity contribution in [3.8, 4) is 0 Å². The van der Waals surface area contributed by atoms with E-state index in [4.69, 9.17) is 4.74 Å². The molecule has 130 valence electrons. The molecule has 0 aliphatic rings. The first-order valence-electron chi connectivity index (χ1n) is 8.93. The molecule has 0 rings (SSSR count). The topological polar surface area (TPSA) is 43.4 Å². The van der Waals surface area contributed by atoms with Crippen LogP contribution in [-0.4, -0.2) is 18.4 Å². The third kappa shape index (κ3) is 10.8. The second-order valence-electron chi connectivity index (χ2n) is 7.56. The van der Waals surface area contributed by atoms with E-state index in [-0.39, 0.29) is 17.8 Å². The molecule has 0 bridgehead atoms. The summed E-state index contributed by atoms with van der Waals surface area (Å²) in [6, 6.07) is 0. The highest BCUT2D eigenvalue weighted by atomic mass is 16.5. The number of esters is 1. The van der Waals surface area contributed by atoms with Crippen molar-refractivity contribution in [3.63, 3.8) is 0 Å². The van der Waals surface area contributed by atoms with Gasteiger partial charge in [0, 0.05) is 18.3 Å². The van der Waals surface area contributed by atoms with Gasteiger partial charge in [0.15, 0.2) is 0 Å². The van der Waals surface area contributed by atoms with E-state index >= 15 is 0 Å². The molecule has 0 N–H and O–H groups in total. The van der Waals surface area contributed by atoms with Gasteiger partial charge in [-0.05, 0) is 31.1 Å². The Kier molecular flexibility index (Phi) is 11.2. The van der Waals surface area contributed by atoms with Gasteiger partial charge in [-0.2, -0.15) is 0 Å². The van der Waals surface area contributed by atoms with Crippen molar-refractivity contribution in [1.29, 1.82) is 0 Å². The normalized spacial score (nSPS) is 13.0. The molecule has 0 saturated heterocycles. The van der Waals surface area contributed by atoms with Crippen molar-refractivity contribution in [1.82, 2.24) is 0 Å². The molecule has 0 aliphatic carbocycles. The van der Waals surface area contributed by atoms with Gasteiger partial charge < -0.3 is 4.74 Å². The first-order valence-corrected chi connectivity index (χ1v) is 8.93. The van der Waals surface area contributed by atoms with Crippen LogP contribution in [0.4, 0.5) is 0 Å². The standard InChI is InChI=1S/C19H36O3/c1-14(2)12-17(19(21)16(5)6)10-8-7-9-11-18(20)22-13-15(3)4/h14-17H,7-13H2,1-6H3. The van der Waals surface area contributed by atoms with Gasteiger partial charge in [0.05, 0.1) is 6.61 Å². The van der Waals surface area contributed by atoms with Crippen LogP contribution in [0.1, 0.15) is 80.1 Å². The fourth-order valence-corrected chi connectivity index (χ4v) is 2.59. The van der Waals surface area contributed by atoms with E-state index in [1.807, 2.05) is 27.7 Å². The largest absolute Gasteiger partial charge is 0.465 e. The minimum Gasteiger partial charge on any atom is -0.465 e. The molecule has 0 heterocycles. The molecule has 3 nitrogen and oxygen atoms in total. The molecule has 3 heteroatoms. The van der Waals surface area contributed by atoms with Gasteiger partial charge in [-0.15, -0.1) is 0 Å². The van der Waals surface area contributed by atoms with Crippen molar-refractivity contribution < 1.29 is 14.3 Å². The first-order chi connectivity index (χ1) is 10.2. The third-order valence-corrected chi connectivity index (χ3v) is 3.74. The monoisotopic (exact) mass is 312 g/mol. The van der Waals surface area contributed by atoms with Crippen molar-refractivity contribution in [2.45, 2.75) is 80.1 Å². The Hall–Kier alpha value is -0.860. The first kappa shape index (κ1) is 21.1. The highest BCUT2D eigenvalue weighted by Crippen LogP contribution is 2.23. The molecule has 0 saturated carbocycles. The predicted molar refractivity (Wildman–Crippen MR) is 91.7 cm³/mol. The molecule has 0 fully saturated rings. The summed E-state index contributed by atoms with van der Waals surface area (Å²) in [5.41, 5.74) is 0. The van der Waals surface area contributed by atoms with Crippen LogP contribution < -0.4 is 0 Å². The maximum absolute atomic E-state index is 12.2. The Morgan fingerprint density at radius 2 is 1.50 bits per heavy atom. The molecular weight excluding hydrogens is 276 g/mol. The van der Waals surface area contributed by atoms with Crippen LogP contribution in [0.3, 0.4) is 0 Å². The number of Topliss-reactive ketones (excluding diaryl/α,β-unsaturated/α-hetero) is 1. The number of rotatable bonds is 12. The zero-order chi connectivity index (χ0) is 17.1. The number of unbranched alkanes of at least 4 members (excludes halogenated alkanes) is 2. The van der Waals surface area contributed by atoms with E-state index in [1.54, 1.807) is 0 Å². The van der Waals surface area contributed by atoms with E-state index in [9.17, 15) is 9.59 Å². The minimum absolute atomic E-state index is 0.0920. The molecule has 0 amide bonds. The fourth-order valence-electron chi connectivity index (χ4n) is 2.59. The molecule has 0 radical (unpaired) electrons. The van der Waals surface area contributed by atoms with Gasteiger partial charge in [0.1, 0.15) is 5.78 Å². The second kappa shape index (κ2) is 11.7. The highest BCUT2D eigenvalue weighted by Gasteiger charge is 2.21. The number of carbonyl (C=O) groups excluding carboxylic acids is 2. The lowest BCUT2D eigenvalue weighted by Crippen LogP contribution is -2.21. The summed E-state index contributed by atoms with van der Waals surface area (Å²) in [4.78, 5) is 23.7. The summed E-state index contributed by atoms with van der Waals surface area (Å²) >= 11 is 0. The number of hydrogen-bond donors (Lipinski definition) is 0. The lowest BCUT2D eigenvalue weighted by Gasteiger charge is -2.19. The highest BCUT2D eigenvalue weighted by molar-refractivity contribution is 5.82. The number of hydrogen-bond acceptors (Lipinski definition) is 3. The molecule has 0 aromatic rings. The third-order valence-electron chi connectivity index (χ3n) is 3.74. The van der Waals surface area contributed by atoms with Gasteiger partial charge in [0.25, 0.3) is 0 Å². The van der Waals surface area contributed by atoms with E-state index in [1.165, 1.54) is 0 Å². The van der Waals surface area contributed by atoms with E-state index < -0.39 is 0 Å². The van der Waals surface area contributed by atoms with Gasteiger partial charge in [0.2, 0.25) is 0 Å². The van der Waals surface area contributed by atoms with Crippen molar-refractivity contribution in [3.05, 3.63) is 0 Å². The molecule has 0 aromatic carbocycles. The summed E-state index contributed by atoms with van der Waals surface area (Å²) in [7, 11) is 0. The minimum atomic E-state index is -0.0920. The number of ether oxygens (including phenoxy) is 1. The Labute approximate surface area is 137 Å². The summed E-state index contributed by atoms with van der Waals surface area (Å²) in [5, 5.41) is 0. The average molecular weight is 312 g/mol. The van der Waals surface area contributed by atoms with Crippen LogP contribution in [0.25, 0.3) is 0 Å². The Bertz CT molecular complexity index is 319. The maximum atomic E-state index is 12.2. The van der Waals surface area contributed by atoms with Crippen molar-refractivity contribution in [2.75, 3.05) is 6.61 Å². The number of carbonyl (C=O) groups is 2. The van der Waals surface area contributed by atoms with Crippen LogP contribution in [0.15, 0.2) is 0 Å². The number of ketones is 1. The van der Waals surface area contributed by atoms with Crippen molar-refractivity contribution in [2.24, 2.45) is 23.7 Å². The lowest BCUT2D eigenvalue weighted by atomic mass is 9.84. The Morgan fingerprint density at radius 3 is 2.00 bits per heavy atom. The van der Waals surface area contributed by atoms with Crippen LogP contribution >= 0.6 is 0 Å². The van der Waals surface area contributed by atoms with Gasteiger partial charge in [-0.1, -0.05) is 54.4 Å². The van der Waals surface area contributed by atoms with Crippen LogP contribution in [0.5, 0.6) is 0 Å². The second-order valence-corrected chi connectivity index (χ2v) is 7.56. The smallest absolute Gasteiger partial charge is 0.305 e. The quantitative estimate of drug-likeness (QED) is 0.375. The fraction of sp³-hybridized carbons (Fsp3) is 0.895. The summed E-state index contributed by atoms with van der Waals surface area (Å²) < 4.78 is 5.16. The molecule has 0 spiro atoms. The van der Waals surface area contributed by atoms with Gasteiger partial charge in [-0.25, -0.2) is 0 Å². The maximum Gasteiger partial charge on any atom is 0.305 e. The predicted octanol–water partition coefficient (Wildman–Crippen LogP) is 5.02. The van der Waals surface area contributed by atoms with E-state index in [0.29, 0.717) is 30.6 Å².